The van der Waals surface area contributed by atoms with Crippen LogP contribution in [0.2, 0.25) is 0 Å². The summed E-state index contributed by atoms with van der Waals surface area (Å²) in [6, 6.07) is 6.31. The third kappa shape index (κ3) is 2.57. The Morgan fingerprint density at radius 3 is 2.94 bits per heavy atom. The highest BCUT2D eigenvalue weighted by atomic mass is 16.5. The molecule has 0 spiro atoms. The van der Waals surface area contributed by atoms with Crippen molar-refractivity contribution >= 4 is 5.97 Å². The van der Waals surface area contributed by atoms with Crippen LogP contribution in [0.4, 0.5) is 0 Å². The molecule has 0 aliphatic carbocycles. The van der Waals surface area contributed by atoms with Crippen LogP contribution in [0.3, 0.4) is 0 Å². The fourth-order valence-electron chi connectivity index (χ4n) is 1.88. The largest absolute Gasteiger partial charge is 0.508 e. The maximum atomic E-state index is 11.4. The zero-order chi connectivity index (χ0) is 12.3. The summed E-state index contributed by atoms with van der Waals surface area (Å²) in [7, 11) is 1.34. The number of benzene rings is 1. The number of morpholine rings is 1. The Balaban J connectivity index is 2.12. The van der Waals surface area contributed by atoms with Gasteiger partial charge in [0.2, 0.25) is 0 Å². The number of methoxy groups -OCH3 is 1. The Morgan fingerprint density at radius 1 is 1.47 bits per heavy atom. The summed E-state index contributed by atoms with van der Waals surface area (Å²) in [5.74, 6) is -0.163. The molecule has 5 heteroatoms. The molecule has 2 rings (SSSR count). The molecule has 0 amide bonds. The monoisotopic (exact) mass is 237 g/mol. The summed E-state index contributed by atoms with van der Waals surface area (Å²) in [6.45, 7) is 0.710. The van der Waals surface area contributed by atoms with Crippen LogP contribution in [0.25, 0.3) is 0 Å². The Kier molecular flexibility index (Phi) is 3.61. The first kappa shape index (κ1) is 11.9. The third-order valence-electron chi connectivity index (χ3n) is 2.77. The minimum atomic E-state index is -0.488. The van der Waals surface area contributed by atoms with Gasteiger partial charge < -0.3 is 14.6 Å². The lowest BCUT2D eigenvalue weighted by atomic mass is 10.0. The lowest BCUT2D eigenvalue weighted by molar-refractivity contribution is -0.147. The molecule has 0 aromatic heterocycles. The standard InChI is InChI=1S/C12H15NO4/c1-16-12(15)10-7-17-6-9(13-10)8-4-2-3-5-11(8)14/h2-5,9-10,13-14H,6-7H2,1H3. The van der Waals surface area contributed by atoms with Crippen molar-refractivity contribution in [2.24, 2.45) is 0 Å². The highest BCUT2D eigenvalue weighted by Gasteiger charge is 2.29. The van der Waals surface area contributed by atoms with E-state index in [1.807, 2.05) is 6.07 Å². The summed E-state index contributed by atoms with van der Waals surface area (Å²) in [5.41, 5.74) is 0.723. The number of carbonyl (C=O) groups is 1. The molecule has 1 heterocycles. The quantitative estimate of drug-likeness (QED) is 0.737. The second kappa shape index (κ2) is 5.16. The number of ether oxygens (including phenoxy) is 2. The second-order valence-electron chi connectivity index (χ2n) is 3.89. The number of phenolic OH excluding ortho intramolecular Hbond substituents is 1. The number of rotatable bonds is 2. The van der Waals surface area contributed by atoms with Crippen LogP contribution in [0.15, 0.2) is 24.3 Å². The number of phenols is 1. The van der Waals surface area contributed by atoms with Crippen molar-refractivity contribution in [2.45, 2.75) is 12.1 Å². The topological polar surface area (TPSA) is 67.8 Å². The van der Waals surface area contributed by atoms with Crippen molar-refractivity contribution in [3.05, 3.63) is 29.8 Å². The van der Waals surface area contributed by atoms with E-state index in [-0.39, 0.29) is 24.4 Å². The van der Waals surface area contributed by atoms with Crippen LogP contribution in [0.1, 0.15) is 11.6 Å². The summed E-state index contributed by atoms with van der Waals surface area (Å²) >= 11 is 0. The lowest BCUT2D eigenvalue weighted by Gasteiger charge is -2.30. The fourth-order valence-corrected chi connectivity index (χ4v) is 1.88. The molecule has 2 unspecified atom stereocenters. The highest BCUT2D eigenvalue weighted by molar-refractivity contribution is 5.76. The van der Waals surface area contributed by atoms with E-state index < -0.39 is 6.04 Å². The van der Waals surface area contributed by atoms with Gasteiger partial charge >= 0.3 is 5.97 Å². The third-order valence-corrected chi connectivity index (χ3v) is 2.77. The first-order valence-electron chi connectivity index (χ1n) is 5.42. The van der Waals surface area contributed by atoms with Gasteiger partial charge in [0.05, 0.1) is 26.4 Å². The van der Waals surface area contributed by atoms with Crippen molar-refractivity contribution in [1.82, 2.24) is 5.32 Å². The van der Waals surface area contributed by atoms with Gasteiger partial charge in [-0.25, -0.2) is 0 Å². The average molecular weight is 237 g/mol. The van der Waals surface area contributed by atoms with Crippen molar-refractivity contribution in [3.8, 4) is 5.75 Å². The normalized spacial score (nSPS) is 24.3. The Hall–Kier alpha value is -1.59. The molecule has 1 saturated heterocycles. The summed E-state index contributed by atoms with van der Waals surface area (Å²) in [4.78, 5) is 11.4. The molecule has 17 heavy (non-hydrogen) atoms. The van der Waals surface area contributed by atoms with Crippen molar-refractivity contribution in [3.63, 3.8) is 0 Å². The van der Waals surface area contributed by atoms with Crippen molar-refractivity contribution < 1.29 is 19.4 Å². The fraction of sp³-hybridized carbons (Fsp3) is 0.417. The maximum absolute atomic E-state index is 11.4. The predicted molar refractivity (Wildman–Crippen MR) is 60.6 cm³/mol. The van der Waals surface area contributed by atoms with Gasteiger partial charge in [-0.1, -0.05) is 18.2 Å². The number of carbonyl (C=O) groups excluding carboxylic acids is 1. The Bertz CT molecular complexity index is 407. The first-order chi connectivity index (χ1) is 8.22. The van der Waals surface area contributed by atoms with Gasteiger partial charge in [-0.3, -0.25) is 10.1 Å². The molecule has 1 aliphatic rings. The van der Waals surface area contributed by atoms with Gasteiger partial charge in [-0.2, -0.15) is 0 Å². The van der Waals surface area contributed by atoms with Gasteiger partial charge in [0.15, 0.2) is 0 Å². The minimum absolute atomic E-state index is 0.194. The zero-order valence-electron chi connectivity index (χ0n) is 9.55. The van der Waals surface area contributed by atoms with E-state index in [9.17, 15) is 9.90 Å². The highest BCUT2D eigenvalue weighted by Crippen LogP contribution is 2.26. The molecule has 92 valence electrons. The van der Waals surface area contributed by atoms with Crippen LogP contribution in [0, 0.1) is 0 Å². The molecule has 1 aromatic carbocycles. The molecule has 1 aromatic rings. The lowest BCUT2D eigenvalue weighted by Crippen LogP contribution is -2.48. The van der Waals surface area contributed by atoms with Crippen LogP contribution >= 0.6 is 0 Å². The number of esters is 1. The van der Waals surface area contributed by atoms with E-state index in [2.05, 4.69) is 10.1 Å². The second-order valence-corrected chi connectivity index (χ2v) is 3.89. The molecule has 1 fully saturated rings. The van der Waals surface area contributed by atoms with Crippen LogP contribution in [-0.2, 0) is 14.3 Å². The predicted octanol–water partition coefficient (Wildman–Crippen LogP) is 0.595. The summed E-state index contributed by atoms with van der Waals surface area (Å²) < 4.78 is 10.0. The van der Waals surface area contributed by atoms with Gasteiger partial charge in [0.25, 0.3) is 0 Å². The van der Waals surface area contributed by atoms with Gasteiger partial charge in [-0.05, 0) is 6.07 Å². The molecular weight excluding hydrogens is 222 g/mol. The molecule has 2 N–H and O–H groups in total. The van der Waals surface area contributed by atoms with Crippen LogP contribution < -0.4 is 5.32 Å². The van der Waals surface area contributed by atoms with Gasteiger partial charge in [-0.15, -0.1) is 0 Å². The molecule has 0 bridgehead atoms. The van der Waals surface area contributed by atoms with Gasteiger partial charge in [0, 0.05) is 5.56 Å². The van der Waals surface area contributed by atoms with Crippen molar-refractivity contribution in [2.75, 3.05) is 20.3 Å². The number of nitrogens with one attached hydrogen (secondary N) is 1. The number of hydrogen-bond donors (Lipinski definition) is 2. The SMILES string of the molecule is COC(=O)C1COCC(c2ccccc2O)N1. The number of hydrogen-bond acceptors (Lipinski definition) is 5. The summed E-state index contributed by atoms with van der Waals surface area (Å²) in [6.07, 6.45) is 0. The minimum Gasteiger partial charge on any atom is -0.508 e. The van der Waals surface area contributed by atoms with E-state index in [1.54, 1.807) is 18.2 Å². The molecule has 0 radical (unpaired) electrons. The van der Waals surface area contributed by atoms with E-state index in [1.165, 1.54) is 7.11 Å². The first-order valence-corrected chi connectivity index (χ1v) is 5.42. The molecule has 1 aliphatic heterocycles. The zero-order valence-corrected chi connectivity index (χ0v) is 9.55. The van der Waals surface area contributed by atoms with Crippen LogP contribution in [-0.4, -0.2) is 37.4 Å². The summed E-state index contributed by atoms with van der Waals surface area (Å²) in [5, 5.41) is 12.8. The van der Waals surface area contributed by atoms with E-state index in [0.717, 1.165) is 5.56 Å². The molecule has 0 saturated carbocycles. The Morgan fingerprint density at radius 2 is 2.24 bits per heavy atom. The maximum Gasteiger partial charge on any atom is 0.325 e. The molecule has 2 atom stereocenters. The molecule has 5 nitrogen and oxygen atoms in total. The smallest absolute Gasteiger partial charge is 0.325 e. The molecular formula is C12H15NO4. The van der Waals surface area contributed by atoms with E-state index in [4.69, 9.17) is 4.74 Å². The Labute approximate surface area is 99.3 Å². The van der Waals surface area contributed by atoms with Crippen LogP contribution in [0.5, 0.6) is 5.75 Å². The van der Waals surface area contributed by atoms with E-state index in [0.29, 0.717) is 6.61 Å². The average Bonchev–Trinajstić information content (AvgIpc) is 2.38. The van der Waals surface area contributed by atoms with Crippen molar-refractivity contribution in [1.29, 1.82) is 0 Å². The number of para-hydroxylation sites is 1. The van der Waals surface area contributed by atoms with Gasteiger partial charge in [0.1, 0.15) is 11.8 Å². The number of aromatic hydroxyl groups is 1. The van der Waals surface area contributed by atoms with E-state index >= 15 is 0 Å².